The molecule has 2 aromatic heterocycles. The molecule has 9 heteroatoms. The van der Waals surface area contributed by atoms with Crippen LogP contribution in [0.1, 0.15) is 21.0 Å². The molecule has 1 saturated heterocycles. The van der Waals surface area contributed by atoms with Gasteiger partial charge in [0.15, 0.2) is 17.2 Å². The first kappa shape index (κ1) is 15.8. The molecule has 2 N–H and O–H groups in total. The summed E-state index contributed by atoms with van der Waals surface area (Å²) in [6, 6.07) is 6.50. The van der Waals surface area contributed by atoms with E-state index in [0.717, 1.165) is 13.1 Å². The van der Waals surface area contributed by atoms with Crippen LogP contribution in [0.5, 0.6) is 0 Å². The predicted octanol–water partition coefficient (Wildman–Crippen LogP) is 0.278. The minimum atomic E-state index is -0.631. The van der Waals surface area contributed by atoms with Gasteiger partial charge < -0.3 is 15.0 Å². The van der Waals surface area contributed by atoms with Crippen LogP contribution >= 0.6 is 0 Å². The van der Waals surface area contributed by atoms with Gasteiger partial charge in [0.2, 0.25) is 0 Å². The summed E-state index contributed by atoms with van der Waals surface area (Å²) < 4.78 is 4.64. The van der Waals surface area contributed by atoms with Gasteiger partial charge in [-0.05, 0) is 24.3 Å². The van der Waals surface area contributed by atoms with Crippen LogP contribution in [0.15, 0.2) is 30.5 Å². The molecule has 1 aliphatic rings. The van der Waals surface area contributed by atoms with Crippen molar-refractivity contribution in [1.29, 1.82) is 0 Å². The van der Waals surface area contributed by atoms with Crippen LogP contribution in [-0.4, -0.2) is 53.9 Å². The van der Waals surface area contributed by atoms with Gasteiger partial charge in [0.05, 0.1) is 19.5 Å². The van der Waals surface area contributed by atoms with Crippen molar-refractivity contribution in [1.82, 2.24) is 20.5 Å². The zero-order valence-corrected chi connectivity index (χ0v) is 13.0. The predicted molar refractivity (Wildman–Crippen MR) is 85.8 cm³/mol. The molecule has 0 radical (unpaired) electrons. The normalized spacial score (nSPS) is 13.6. The molecule has 0 atom stereocenters. The van der Waals surface area contributed by atoms with Gasteiger partial charge in [-0.3, -0.25) is 10.1 Å². The second-order valence-electron chi connectivity index (χ2n) is 5.04. The second kappa shape index (κ2) is 7.01. The van der Waals surface area contributed by atoms with Gasteiger partial charge in [0, 0.05) is 19.3 Å². The lowest BCUT2D eigenvalue weighted by molar-refractivity contribution is 0.0595. The highest BCUT2D eigenvalue weighted by atomic mass is 16.5. The summed E-state index contributed by atoms with van der Waals surface area (Å²) in [4.78, 5) is 29.9. The lowest BCUT2D eigenvalue weighted by atomic mass is 10.2. The highest BCUT2D eigenvalue weighted by Gasteiger charge is 2.18. The Kier molecular flexibility index (Phi) is 4.62. The Morgan fingerprint density at radius 1 is 1.29 bits per heavy atom. The van der Waals surface area contributed by atoms with E-state index in [1.165, 1.54) is 13.3 Å². The van der Waals surface area contributed by atoms with E-state index in [2.05, 4.69) is 30.6 Å². The molecule has 1 fully saturated rings. The third-order valence-electron chi connectivity index (χ3n) is 3.50. The second-order valence-corrected chi connectivity index (χ2v) is 5.04. The minimum absolute atomic E-state index is 0.0288. The third-order valence-corrected chi connectivity index (χ3v) is 3.50. The van der Waals surface area contributed by atoms with Crippen LogP contribution in [0.2, 0.25) is 0 Å². The number of carbonyl (C=O) groups is 2. The quantitative estimate of drug-likeness (QED) is 0.770. The maximum Gasteiger partial charge on any atom is 0.358 e. The molecular weight excluding hydrogens is 312 g/mol. The summed E-state index contributed by atoms with van der Waals surface area (Å²) in [5.41, 5.74) is 0.426. The maximum atomic E-state index is 12.3. The molecule has 1 amide bonds. The monoisotopic (exact) mass is 328 g/mol. The molecule has 9 nitrogen and oxygen atoms in total. The number of methoxy groups -OCH3 is 1. The number of nitrogens with zero attached hydrogens (tertiary/aromatic N) is 4. The Balaban J connectivity index is 1.74. The zero-order valence-electron chi connectivity index (χ0n) is 13.0. The highest BCUT2D eigenvalue weighted by molar-refractivity contribution is 6.06. The number of anilines is 2. The lowest BCUT2D eigenvalue weighted by Gasteiger charge is -2.14. The van der Waals surface area contributed by atoms with Gasteiger partial charge in [0.1, 0.15) is 0 Å². The van der Waals surface area contributed by atoms with E-state index < -0.39 is 11.9 Å². The molecule has 0 unspecified atom stereocenters. The van der Waals surface area contributed by atoms with Crippen molar-refractivity contribution in [3.8, 4) is 0 Å². The van der Waals surface area contributed by atoms with Crippen LogP contribution < -0.4 is 15.5 Å². The Hall–Kier alpha value is -3.07. The van der Waals surface area contributed by atoms with E-state index in [1.807, 2.05) is 4.90 Å². The number of ether oxygens (including phenoxy) is 1. The summed E-state index contributed by atoms with van der Waals surface area (Å²) in [6.07, 6.45) is 1.45. The summed E-state index contributed by atoms with van der Waals surface area (Å²) >= 11 is 0. The van der Waals surface area contributed by atoms with E-state index in [4.69, 9.17) is 0 Å². The fraction of sp³-hybridized carbons (Fsp3) is 0.267. The fourth-order valence-corrected chi connectivity index (χ4v) is 2.27. The van der Waals surface area contributed by atoms with Crippen molar-refractivity contribution < 1.29 is 14.3 Å². The van der Waals surface area contributed by atoms with E-state index in [0.29, 0.717) is 12.5 Å². The SMILES string of the molecule is COC(=O)c1ncccc1NC(=O)c1ccc(N2CCNC2)nn1. The molecule has 0 aliphatic carbocycles. The Labute approximate surface area is 138 Å². The molecule has 0 bridgehead atoms. The molecule has 3 heterocycles. The number of hydrogen-bond donors (Lipinski definition) is 2. The molecule has 2 aromatic rings. The molecule has 0 saturated carbocycles. The molecule has 3 rings (SSSR count). The van der Waals surface area contributed by atoms with E-state index in [9.17, 15) is 9.59 Å². The van der Waals surface area contributed by atoms with Crippen molar-refractivity contribution in [2.75, 3.05) is 37.1 Å². The highest BCUT2D eigenvalue weighted by Crippen LogP contribution is 2.15. The van der Waals surface area contributed by atoms with Crippen molar-refractivity contribution in [3.05, 3.63) is 41.9 Å². The van der Waals surface area contributed by atoms with Crippen LogP contribution in [0, 0.1) is 0 Å². The zero-order chi connectivity index (χ0) is 16.9. The molecule has 24 heavy (non-hydrogen) atoms. The van der Waals surface area contributed by atoms with Crippen molar-refractivity contribution in [2.24, 2.45) is 0 Å². The minimum Gasteiger partial charge on any atom is -0.464 e. The van der Waals surface area contributed by atoms with Gasteiger partial charge >= 0.3 is 5.97 Å². The lowest BCUT2D eigenvalue weighted by Crippen LogP contribution is -2.23. The van der Waals surface area contributed by atoms with Gasteiger partial charge in [-0.1, -0.05) is 0 Å². The molecule has 1 aliphatic heterocycles. The smallest absolute Gasteiger partial charge is 0.358 e. The Bertz CT molecular complexity index is 743. The number of esters is 1. The number of aromatic nitrogens is 3. The number of amides is 1. The van der Waals surface area contributed by atoms with Gasteiger partial charge in [0.25, 0.3) is 5.91 Å². The number of rotatable bonds is 4. The fourth-order valence-electron chi connectivity index (χ4n) is 2.27. The summed E-state index contributed by atoms with van der Waals surface area (Å²) in [7, 11) is 1.25. The van der Waals surface area contributed by atoms with Crippen molar-refractivity contribution in [2.45, 2.75) is 0 Å². The Morgan fingerprint density at radius 2 is 2.17 bits per heavy atom. The number of hydrogen-bond acceptors (Lipinski definition) is 8. The van der Waals surface area contributed by atoms with Crippen molar-refractivity contribution >= 4 is 23.4 Å². The van der Waals surface area contributed by atoms with Crippen LogP contribution in [0.25, 0.3) is 0 Å². The largest absolute Gasteiger partial charge is 0.464 e. The van der Waals surface area contributed by atoms with Gasteiger partial charge in [-0.2, -0.15) is 0 Å². The summed E-state index contributed by atoms with van der Waals surface area (Å²) in [6.45, 7) is 2.44. The molecular formula is C15H16N6O3. The standard InChI is InChI=1S/C15H16N6O3/c1-24-15(23)13-10(3-2-6-17-13)18-14(22)11-4-5-12(20-19-11)21-8-7-16-9-21/h2-6,16H,7-9H2,1H3,(H,18,22). The average molecular weight is 328 g/mol. The Morgan fingerprint density at radius 3 is 2.83 bits per heavy atom. The number of pyridine rings is 1. The van der Waals surface area contributed by atoms with E-state index >= 15 is 0 Å². The first-order valence-corrected chi connectivity index (χ1v) is 7.33. The third kappa shape index (κ3) is 3.30. The van der Waals surface area contributed by atoms with Crippen LogP contribution in [-0.2, 0) is 4.74 Å². The van der Waals surface area contributed by atoms with E-state index in [-0.39, 0.29) is 17.1 Å². The topological polar surface area (TPSA) is 109 Å². The van der Waals surface area contributed by atoms with Crippen LogP contribution in [0.3, 0.4) is 0 Å². The van der Waals surface area contributed by atoms with Gasteiger partial charge in [-0.25, -0.2) is 9.78 Å². The number of nitrogens with one attached hydrogen (secondary N) is 2. The first-order valence-electron chi connectivity index (χ1n) is 7.33. The first-order chi connectivity index (χ1) is 11.7. The molecule has 0 spiro atoms. The van der Waals surface area contributed by atoms with E-state index in [1.54, 1.807) is 24.3 Å². The summed E-state index contributed by atoms with van der Waals surface area (Å²) in [5.74, 6) is -0.409. The van der Waals surface area contributed by atoms with Gasteiger partial charge in [-0.15, -0.1) is 10.2 Å². The molecule has 124 valence electrons. The van der Waals surface area contributed by atoms with Crippen molar-refractivity contribution in [3.63, 3.8) is 0 Å². The molecule has 0 aromatic carbocycles. The summed E-state index contributed by atoms with van der Waals surface area (Å²) in [5, 5.41) is 13.8. The number of carbonyl (C=O) groups excluding carboxylic acids is 2. The van der Waals surface area contributed by atoms with Crippen LogP contribution in [0.4, 0.5) is 11.5 Å². The maximum absolute atomic E-state index is 12.3. The average Bonchev–Trinajstić information content (AvgIpc) is 3.16.